The molecule has 5 rings (SSSR count). The van der Waals surface area contributed by atoms with Crippen LogP contribution in [-0.2, 0) is 7.05 Å². The molecule has 0 aliphatic carbocycles. The van der Waals surface area contributed by atoms with Crippen molar-refractivity contribution in [2.45, 2.75) is 20.3 Å². The predicted molar refractivity (Wildman–Crippen MR) is 126 cm³/mol. The average Bonchev–Trinajstić information content (AvgIpc) is 3.49. The topological polar surface area (TPSA) is 133 Å². The molecule has 0 fully saturated rings. The molecule has 0 unspecified atom stereocenters. The highest BCUT2D eigenvalue weighted by molar-refractivity contribution is 7.21. The lowest BCUT2D eigenvalue weighted by Gasteiger charge is -2.07. The highest BCUT2D eigenvalue weighted by Gasteiger charge is 2.24. The molecule has 0 aliphatic rings. The highest BCUT2D eigenvalue weighted by Crippen LogP contribution is 2.38. The number of aromatic nitrogens is 6. The molecule has 0 atom stereocenters. The summed E-state index contributed by atoms with van der Waals surface area (Å²) in [5.74, 6) is -1.43. The Morgan fingerprint density at radius 3 is 2.66 bits per heavy atom. The van der Waals surface area contributed by atoms with Crippen LogP contribution in [0.4, 0.5) is 14.5 Å². The minimum atomic E-state index is -2.78. The van der Waals surface area contributed by atoms with Crippen LogP contribution < -0.4 is 11.1 Å². The van der Waals surface area contributed by atoms with Crippen molar-refractivity contribution < 1.29 is 18.4 Å². The summed E-state index contributed by atoms with van der Waals surface area (Å²) in [6.45, 7) is 3.51. The molecule has 35 heavy (non-hydrogen) atoms. The molecule has 5 heterocycles. The van der Waals surface area contributed by atoms with Gasteiger partial charge in [0.05, 0.1) is 17.6 Å². The lowest BCUT2D eigenvalue weighted by molar-refractivity contribution is 0.100. The molecule has 10 nitrogen and oxygen atoms in total. The molecule has 178 valence electrons. The molecule has 0 bridgehead atoms. The van der Waals surface area contributed by atoms with Crippen LogP contribution in [0.15, 0.2) is 30.6 Å². The smallest absolute Gasteiger partial charge is 0.280 e. The van der Waals surface area contributed by atoms with Crippen molar-refractivity contribution in [2.24, 2.45) is 12.8 Å². The van der Waals surface area contributed by atoms with Crippen molar-refractivity contribution in [3.63, 3.8) is 0 Å². The third-order valence-electron chi connectivity index (χ3n) is 5.67. The predicted octanol–water partition coefficient (Wildman–Crippen LogP) is 3.65. The number of thiophene rings is 1. The molecule has 13 heteroatoms. The van der Waals surface area contributed by atoms with Gasteiger partial charge in [0, 0.05) is 36.0 Å². The number of hydrogen-bond donors (Lipinski definition) is 2. The first kappa shape index (κ1) is 22.5. The van der Waals surface area contributed by atoms with E-state index in [0.29, 0.717) is 22.3 Å². The van der Waals surface area contributed by atoms with Gasteiger partial charge in [0.2, 0.25) is 0 Å². The number of pyridine rings is 1. The van der Waals surface area contributed by atoms with Crippen molar-refractivity contribution in [3.8, 4) is 11.3 Å². The maximum atomic E-state index is 13.2. The Hall–Kier alpha value is -4.26. The number of rotatable bonds is 5. The van der Waals surface area contributed by atoms with E-state index in [-0.39, 0.29) is 21.1 Å². The zero-order valence-electron chi connectivity index (χ0n) is 18.7. The van der Waals surface area contributed by atoms with Gasteiger partial charge in [0.25, 0.3) is 18.2 Å². The molecule has 3 N–H and O–H groups in total. The molecule has 5 aromatic heterocycles. The summed E-state index contributed by atoms with van der Waals surface area (Å²) >= 11 is 0.843. The first-order valence-electron chi connectivity index (χ1n) is 10.3. The Kier molecular flexibility index (Phi) is 5.28. The minimum absolute atomic E-state index is 0.00364. The maximum absolute atomic E-state index is 13.2. The van der Waals surface area contributed by atoms with Crippen LogP contribution in [0.3, 0.4) is 0 Å². The van der Waals surface area contributed by atoms with E-state index in [9.17, 15) is 18.4 Å². The van der Waals surface area contributed by atoms with Crippen molar-refractivity contribution in [2.75, 3.05) is 5.32 Å². The monoisotopic (exact) mass is 496 g/mol. The van der Waals surface area contributed by atoms with Gasteiger partial charge in [0.15, 0.2) is 11.3 Å². The third-order valence-corrected chi connectivity index (χ3v) is 6.76. The van der Waals surface area contributed by atoms with Gasteiger partial charge in [-0.05, 0) is 31.5 Å². The van der Waals surface area contributed by atoms with E-state index in [4.69, 9.17) is 5.73 Å². The number of primary amides is 1. The summed E-state index contributed by atoms with van der Waals surface area (Å²) in [4.78, 5) is 33.7. The number of fused-ring (bicyclic) bond motifs is 2. The number of carbonyl (C=O) groups excluding carboxylic acids is 2. The van der Waals surface area contributed by atoms with Crippen LogP contribution in [0.25, 0.3) is 27.1 Å². The quantitative estimate of drug-likeness (QED) is 0.382. The van der Waals surface area contributed by atoms with Crippen LogP contribution in [0.5, 0.6) is 0 Å². The Bertz CT molecular complexity index is 1650. The SMILES string of the molecule is Cc1cc(C(F)F)nc2sc(C(N)=O)c(NC(=O)c3cc4nccc(-c5cnn(C)c5C)n4n3)c12. The fourth-order valence-corrected chi connectivity index (χ4v) is 4.91. The second-order valence-corrected chi connectivity index (χ2v) is 8.87. The fourth-order valence-electron chi connectivity index (χ4n) is 3.85. The number of amides is 2. The standard InChI is InChI=1S/C22H18F2N8O2S/c1-9-6-12(19(23)24)28-22-16(9)17(18(35-22)20(25)33)29-21(34)13-7-15-26-5-4-14(32(15)30-13)11-8-27-31(3)10(11)2/h4-8,19H,1-3H3,(H2,25,33)(H,29,34). The maximum Gasteiger partial charge on any atom is 0.280 e. The van der Waals surface area contributed by atoms with Gasteiger partial charge in [-0.3, -0.25) is 14.3 Å². The summed E-state index contributed by atoms with van der Waals surface area (Å²) in [6.07, 6.45) is 0.526. The number of carbonyl (C=O) groups is 2. The van der Waals surface area contributed by atoms with E-state index in [1.807, 2.05) is 14.0 Å². The Morgan fingerprint density at radius 1 is 1.23 bits per heavy atom. The number of halogens is 2. The van der Waals surface area contributed by atoms with Gasteiger partial charge >= 0.3 is 0 Å². The molecular formula is C22H18F2N8O2S. The minimum Gasteiger partial charge on any atom is -0.365 e. The number of anilines is 1. The second-order valence-electron chi connectivity index (χ2n) is 7.87. The van der Waals surface area contributed by atoms with E-state index in [1.54, 1.807) is 30.1 Å². The molecule has 0 radical (unpaired) electrons. The van der Waals surface area contributed by atoms with Gasteiger partial charge < -0.3 is 11.1 Å². The van der Waals surface area contributed by atoms with E-state index in [0.717, 1.165) is 22.6 Å². The molecule has 0 aliphatic heterocycles. The Labute approximate surface area is 200 Å². The molecule has 0 saturated carbocycles. The summed E-state index contributed by atoms with van der Waals surface area (Å²) in [5.41, 5.74) is 8.52. The van der Waals surface area contributed by atoms with Crippen molar-refractivity contribution in [1.82, 2.24) is 29.4 Å². The fraction of sp³-hybridized carbons (Fsp3) is 0.182. The number of hydrogen-bond acceptors (Lipinski definition) is 7. The molecule has 0 spiro atoms. The second kappa shape index (κ2) is 8.20. The van der Waals surface area contributed by atoms with Crippen molar-refractivity contribution in [3.05, 3.63) is 58.1 Å². The lowest BCUT2D eigenvalue weighted by Crippen LogP contribution is -2.17. The lowest BCUT2D eigenvalue weighted by atomic mass is 10.1. The number of nitrogens with one attached hydrogen (secondary N) is 1. The average molecular weight is 497 g/mol. The van der Waals surface area contributed by atoms with Crippen LogP contribution in [-0.4, -0.2) is 41.2 Å². The Morgan fingerprint density at radius 2 is 2.00 bits per heavy atom. The third kappa shape index (κ3) is 3.69. The highest BCUT2D eigenvalue weighted by atomic mass is 32.1. The van der Waals surface area contributed by atoms with Crippen LogP contribution in [0, 0.1) is 13.8 Å². The van der Waals surface area contributed by atoms with Crippen molar-refractivity contribution in [1.29, 1.82) is 0 Å². The Balaban J connectivity index is 1.58. The van der Waals surface area contributed by atoms with Gasteiger partial charge in [-0.15, -0.1) is 11.3 Å². The first-order chi connectivity index (χ1) is 16.7. The number of nitrogens with two attached hydrogens (primary N) is 1. The molecule has 0 aromatic carbocycles. The van der Waals surface area contributed by atoms with Crippen LogP contribution in [0.2, 0.25) is 0 Å². The van der Waals surface area contributed by atoms with Gasteiger partial charge in [-0.25, -0.2) is 23.3 Å². The van der Waals surface area contributed by atoms with E-state index < -0.39 is 23.9 Å². The summed E-state index contributed by atoms with van der Waals surface area (Å²) in [6, 6.07) is 4.49. The molecule has 0 saturated heterocycles. The normalized spacial score (nSPS) is 11.6. The summed E-state index contributed by atoms with van der Waals surface area (Å²) in [5, 5.41) is 11.7. The van der Waals surface area contributed by atoms with Crippen molar-refractivity contribution >= 4 is 44.7 Å². The number of alkyl halides is 2. The first-order valence-corrected chi connectivity index (χ1v) is 11.1. The zero-order chi connectivity index (χ0) is 25.0. The number of nitrogens with zero attached hydrogens (tertiary/aromatic N) is 6. The molecular weight excluding hydrogens is 478 g/mol. The van der Waals surface area contributed by atoms with Gasteiger partial charge in [-0.1, -0.05) is 0 Å². The number of aryl methyl sites for hydroxylation is 2. The van der Waals surface area contributed by atoms with Crippen LogP contribution in [0.1, 0.15) is 43.5 Å². The van der Waals surface area contributed by atoms with E-state index in [1.165, 1.54) is 16.6 Å². The molecule has 5 aromatic rings. The van der Waals surface area contributed by atoms with Gasteiger partial charge in [0.1, 0.15) is 15.4 Å². The molecule has 2 amide bonds. The van der Waals surface area contributed by atoms with Crippen LogP contribution >= 0.6 is 11.3 Å². The largest absolute Gasteiger partial charge is 0.365 e. The van der Waals surface area contributed by atoms with E-state index in [2.05, 4.69) is 25.5 Å². The summed E-state index contributed by atoms with van der Waals surface area (Å²) < 4.78 is 29.7. The summed E-state index contributed by atoms with van der Waals surface area (Å²) in [7, 11) is 1.82. The zero-order valence-corrected chi connectivity index (χ0v) is 19.5. The van der Waals surface area contributed by atoms with Gasteiger partial charge in [-0.2, -0.15) is 10.2 Å². The van der Waals surface area contributed by atoms with E-state index >= 15 is 0 Å².